The summed E-state index contributed by atoms with van der Waals surface area (Å²) in [5, 5.41) is 0. The van der Waals surface area contributed by atoms with E-state index in [2.05, 4.69) is 5.92 Å². The van der Waals surface area contributed by atoms with Gasteiger partial charge in [0.2, 0.25) is 0 Å². The molecule has 1 aliphatic rings. The predicted octanol–water partition coefficient (Wildman–Crippen LogP) is 0.274. The molecule has 0 aromatic rings. The summed E-state index contributed by atoms with van der Waals surface area (Å²) < 4.78 is 10.2. The highest BCUT2D eigenvalue weighted by Gasteiger charge is 2.27. The number of rotatable bonds is 4. The molecule has 1 aliphatic heterocycles. The van der Waals surface area contributed by atoms with Gasteiger partial charge in [-0.05, 0) is 6.92 Å². The van der Waals surface area contributed by atoms with Gasteiger partial charge in [-0.3, -0.25) is 9.69 Å². The van der Waals surface area contributed by atoms with Crippen molar-refractivity contribution < 1.29 is 14.3 Å². The van der Waals surface area contributed by atoms with Crippen LogP contribution in [0.5, 0.6) is 0 Å². The Bertz CT molecular complexity index is 241. The lowest BCUT2D eigenvalue weighted by Crippen LogP contribution is -2.47. The second-order valence-electron chi connectivity index (χ2n) is 3.32. The van der Waals surface area contributed by atoms with E-state index in [0.717, 1.165) is 13.1 Å². The van der Waals surface area contributed by atoms with Gasteiger partial charge in [0, 0.05) is 19.5 Å². The molecule has 1 saturated heterocycles. The van der Waals surface area contributed by atoms with Crippen LogP contribution >= 0.6 is 0 Å². The second kappa shape index (κ2) is 6.44. The van der Waals surface area contributed by atoms with Crippen molar-refractivity contribution in [1.29, 1.82) is 0 Å². The number of hydrogen-bond acceptors (Lipinski definition) is 4. The summed E-state index contributed by atoms with van der Waals surface area (Å²) in [5.41, 5.74) is 0. The minimum Gasteiger partial charge on any atom is -0.465 e. The first-order valence-corrected chi connectivity index (χ1v) is 5.21. The number of hydrogen-bond donors (Lipinski definition) is 0. The molecular weight excluding hydrogens is 194 g/mol. The molecule has 1 rings (SSSR count). The lowest BCUT2D eigenvalue weighted by Gasteiger charge is -2.31. The van der Waals surface area contributed by atoms with Crippen molar-refractivity contribution in [2.45, 2.75) is 19.4 Å². The molecule has 15 heavy (non-hydrogen) atoms. The van der Waals surface area contributed by atoms with E-state index in [1.54, 1.807) is 6.92 Å². The first-order valence-electron chi connectivity index (χ1n) is 5.21. The molecular formula is C11H17NO3. The van der Waals surface area contributed by atoms with Crippen molar-refractivity contribution in [2.24, 2.45) is 0 Å². The van der Waals surface area contributed by atoms with Crippen molar-refractivity contribution in [3.05, 3.63) is 0 Å². The molecule has 0 aromatic carbocycles. The standard InChI is InChI=1S/C11H17NO3/c1-3-5-10(11(13)15-4-2)12-6-8-14-9-7-12/h1,10H,4-9H2,2H3/t10-/m1/s1. The molecule has 1 fully saturated rings. The van der Waals surface area contributed by atoms with Crippen LogP contribution in [0, 0.1) is 12.3 Å². The van der Waals surface area contributed by atoms with E-state index in [0.29, 0.717) is 26.2 Å². The van der Waals surface area contributed by atoms with Gasteiger partial charge in [-0.1, -0.05) is 0 Å². The molecule has 0 N–H and O–H groups in total. The Hall–Kier alpha value is -1.05. The second-order valence-corrected chi connectivity index (χ2v) is 3.32. The number of carbonyl (C=O) groups is 1. The summed E-state index contributed by atoms with van der Waals surface area (Å²) in [6, 6.07) is -0.307. The zero-order valence-corrected chi connectivity index (χ0v) is 9.07. The number of morpholine rings is 1. The van der Waals surface area contributed by atoms with Gasteiger partial charge < -0.3 is 9.47 Å². The summed E-state index contributed by atoms with van der Waals surface area (Å²) >= 11 is 0. The van der Waals surface area contributed by atoms with Crippen LogP contribution in [0.4, 0.5) is 0 Å². The Morgan fingerprint density at radius 2 is 2.27 bits per heavy atom. The summed E-state index contributed by atoms with van der Waals surface area (Å²) in [6.45, 7) is 4.98. The average molecular weight is 211 g/mol. The predicted molar refractivity (Wildman–Crippen MR) is 56.3 cm³/mol. The van der Waals surface area contributed by atoms with Crippen molar-refractivity contribution in [2.75, 3.05) is 32.9 Å². The Morgan fingerprint density at radius 3 is 2.80 bits per heavy atom. The number of nitrogens with zero attached hydrogens (tertiary/aromatic N) is 1. The Balaban J connectivity index is 2.55. The molecule has 0 unspecified atom stereocenters. The van der Waals surface area contributed by atoms with Gasteiger partial charge in [0.25, 0.3) is 0 Å². The molecule has 0 amide bonds. The SMILES string of the molecule is C#CC[C@H](C(=O)OCC)N1CCOCC1. The molecule has 0 saturated carbocycles. The van der Waals surface area contributed by atoms with E-state index in [9.17, 15) is 4.79 Å². The van der Waals surface area contributed by atoms with E-state index in [1.807, 2.05) is 4.90 Å². The van der Waals surface area contributed by atoms with E-state index >= 15 is 0 Å². The fourth-order valence-electron chi connectivity index (χ4n) is 1.60. The zero-order valence-electron chi connectivity index (χ0n) is 9.07. The van der Waals surface area contributed by atoms with Crippen molar-refractivity contribution in [3.63, 3.8) is 0 Å². The van der Waals surface area contributed by atoms with Gasteiger partial charge in [0.05, 0.1) is 19.8 Å². The summed E-state index contributed by atoms with van der Waals surface area (Å²) in [7, 11) is 0. The number of ether oxygens (including phenoxy) is 2. The molecule has 4 heteroatoms. The van der Waals surface area contributed by atoms with E-state index in [-0.39, 0.29) is 12.0 Å². The first-order chi connectivity index (χ1) is 7.29. The largest absolute Gasteiger partial charge is 0.465 e. The molecule has 0 aromatic heterocycles. The van der Waals surface area contributed by atoms with Gasteiger partial charge >= 0.3 is 5.97 Å². The zero-order chi connectivity index (χ0) is 11.1. The van der Waals surface area contributed by atoms with Gasteiger partial charge in [-0.25, -0.2) is 0 Å². The normalized spacial score (nSPS) is 19.2. The molecule has 0 spiro atoms. The topological polar surface area (TPSA) is 38.8 Å². The quantitative estimate of drug-likeness (QED) is 0.494. The molecule has 1 heterocycles. The number of terminal acetylenes is 1. The highest BCUT2D eigenvalue weighted by Crippen LogP contribution is 2.09. The van der Waals surface area contributed by atoms with E-state index in [1.165, 1.54) is 0 Å². The summed E-state index contributed by atoms with van der Waals surface area (Å²) in [5.74, 6) is 2.30. The fourth-order valence-corrected chi connectivity index (χ4v) is 1.60. The van der Waals surface area contributed by atoms with Crippen LogP contribution in [0.2, 0.25) is 0 Å². The van der Waals surface area contributed by atoms with Crippen LogP contribution in [0.25, 0.3) is 0 Å². The average Bonchev–Trinajstić information content (AvgIpc) is 2.27. The fraction of sp³-hybridized carbons (Fsp3) is 0.727. The van der Waals surface area contributed by atoms with Crippen LogP contribution < -0.4 is 0 Å². The Morgan fingerprint density at radius 1 is 1.60 bits per heavy atom. The summed E-state index contributed by atoms with van der Waals surface area (Å²) in [4.78, 5) is 13.7. The minimum atomic E-state index is -0.307. The highest BCUT2D eigenvalue weighted by molar-refractivity contribution is 5.76. The van der Waals surface area contributed by atoms with Gasteiger partial charge in [-0.15, -0.1) is 12.3 Å². The third-order valence-corrected chi connectivity index (χ3v) is 2.36. The van der Waals surface area contributed by atoms with Crippen LogP contribution in [-0.4, -0.2) is 49.8 Å². The third kappa shape index (κ3) is 3.54. The molecule has 0 aliphatic carbocycles. The third-order valence-electron chi connectivity index (χ3n) is 2.36. The maximum absolute atomic E-state index is 11.6. The van der Waals surface area contributed by atoms with Gasteiger partial charge in [-0.2, -0.15) is 0 Å². The van der Waals surface area contributed by atoms with E-state index in [4.69, 9.17) is 15.9 Å². The molecule has 1 atom stereocenters. The minimum absolute atomic E-state index is 0.225. The maximum Gasteiger partial charge on any atom is 0.324 e. The lowest BCUT2D eigenvalue weighted by molar-refractivity contribution is -0.151. The van der Waals surface area contributed by atoms with Gasteiger partial charge in [0.15, 0.2) is 0 Å². The maximum atomic E-state index is 11.6. The van der Waals surface area contributed by atoms with Crippen LogP contribution in [-0.2, 0) is 14.3 Å². The Labute approximate surface area is 90.5 Å². The molecule has 84 valence electrons. The smallest absolute Gasteiger partial charge is 0.324 e. The number of carbonyl (C=O) groups excluding carboxylic acids is 1. The van der Waals surface area contributed by atoms with Crippen molar-refractivity contribution in [1.82, 2.24) is 4.90 Å². The van der Waals surface area contributed by atoms with Crippen LogP contribution in [0.3, 0.4) is 0 Å². The van der Waals surface area contributed by atoms with Crippen LogP contribution in [0.1, 0.15) is 13.3 Å². The Kier molecular flexibility index (Phi) is 5.16. The lowest BCUT2D eigenvalue weighted by atomic mass is 10.1. The van der Waals surface area contributed by atoms with Gasteiger partial charge in [0.1, 0.15) is 6.04 Å². The monoisotopic (exact) mass is 211 g/mol. The van der Waals surface area contributed by atoms with E-state index < -0.39 is 0 Å². The van der Waals surface area contributed by atoms with Crippen LogP contribution in [0.15, 0.2) is 0 Å². The first kappa shape index (κ1) is 12.0. The molecule has 0 radical (unpaired) electrons. The van der Waals surface area contributed by atoms with Crippen molar-refractivity contribution >= 4 is 5.97 Å². The highest BCUT2D eigenvalue weighted by atomic mass is 16.5. The molecule has 4 nitrogen and oxygen atoms in total. The molecule has 0 bridgehead atoms. The van der Waals surface area contributed by atoms with Crippen molar-refractivity contribution in [3.8, 4) is 12.3 Å². The number of esters is 1. The summed E-state index contributed by atoms with van der Waals surface area (Å²) in [6.07, 6.45) is 5.66.